The molecular formula is C21H23F. The number of hydrogen-bond donors (Lipinski definition) is 0. The molecule has 22 heavy (non-hydrogen) atoms. The van der Waals surface area contributed by atoms with E-state index in [-0.39, 0.29) is 5.82 Å². The largest absolute Gasteiger partial charge is 0.205 e. The molecule has 0 amide bonds. The number of benzene rings is 2. The first kappa shape index (κ1) is 16.3. The van der Waals surface area contributed by atoms with Crippen molar-refractivity contribution in [1.82, 2.24) is 0 Å². The lowest BCUT2D eigenvalue weighted by atomic mass is 10.00. The second kappa shape index (κ2) is 7.27. The Kier molecular flexibility index (Phi) is 5.39. The molecule has 0 saturated heterocycles. The fraction of sp³-hybridized carbons (Fsp3) is 0.333. The molecule has 2 aromatic rings. The third-order valence-corrected chi connectivity index (χ3v) is 3.78. The van der Waals surface area contributed by atoms with E-state index in [1.54, 1.807) is 6.07 Å². The van der Waals surface area contributed by atoms with Gasteiger partial charge in [0.15, 0.2) is 0 Å². The normalized spacial score (nSPS) is 12.8. The van der Waals surface area contributed by atoms with Gasteiger partial charge in [-0.05, 0) is 61.9 Å². The molecule has 1 fully saturated rings. The first-order chi connectivity index (χ1) is 10.6. The first-order valence-corrected chi connectivity index (χ1v) is 8.03. The van der Waals surface area contributed by atoms with E-state index in [1.165, 1.54) is 5.56 Å². The first-order valence-electron chi connectivity index (χ1n) is 8.03. The molecule has 1 aliphatic rings. The lowest BCUT2D eigenvalue weighted by Gasteiger charge is -2.07. The maximum Gasteiger partial charge on any atom is 0.142 e. The molecule has 0 spiro atoms. The molecule has 0 unspecified atom stereocenters. The fourth-order valence-corrected chi connectivity index (χ4v) is 2.44. The number of hydrogen-bond acceptors (Lipinski definition) is 0. The second-order valence-corrected chi connectivity index (χ2v) is 5.55. The summed E-state index contributed by atoms with van der Waals surface area (Å²) in [5.74, 6) is 6.31. The van der Waals surface area contributed by atoms with Crippen molar-refractivity contribution in [3.05, 3.63) is 70.0 Å². The molecular weight excluding hydrogens is 271 g/mol. The zero-order valence-electron chi connectivity index (χ0n) is 13.8. The van der Waals surface area contributed by atoms with Gasteiger partial charge in [0.2, 0.25) is 0 Å². The van der Waals surface area contributed by atoms with E-state index in [1.807, 2.05) is 58.0 Å². The van der Waals surface area contributed by atoms with Crippen molar-refractivity contribution in [1.29, 1.82) is 0 Å². The number of aryl methyl sites for hydroxylation is 2. The van der Waals surface area contributed by atoms with Crippen molar-refractivity contribution >= 4 is 0 Å². The smallest absolute Gasteiger partial charge is 0.142 e. The van der Waals surface area contributed by atoms with Gasteiger partial charge in [-0.2, -0.15) is 0 Å². The van der Waals surface area contributed by atoms with E-state index in [0.29, 0.717) is 11.5 Å². The van der Waals surface area contributed by atoms with Gasteiger partial charge in [0.05, 0.1) is 5.56 Å². The fourth-order valence-electron chi connectivity index (χ4n) is 2.44. The summed E-state index contributed by atoms with van der Waals surface area (Å²) in [7, 11) is 0. The topological polar surface area (TPSA) is 0 Å². The zero-order valence-corrected chi connectivity index (χ0v) is 13.8. The summed E-state index contributed by atoms with van der Waals surface area (Å²) in [6.45, 7) is 8.02. The van der Waals surface area contributed by atoms with Crippen LogP contribution in [-0.2, 0) is 0 Å². The van der Waals surface area contributed by atoms with E-state index in [2.05, 4.69) is 11.8 Å². The predicted octanol–water partition coefficient (Wildman–Crippen LogP) is 5.75. The molecule has 0 bridgehead atoms. The molecule has 0 heterocycles. The van der Waals surface area contributed by atoms with Crippen LogP contribution in [0.5, 0.6) is 0 Å². The van der Waals surface area contributed by atoms with Crippen LogP contribution in [0.3, 0.4) is 0 Å². The van der Waals surface area contributed by atoms with Crippen LogP contribution < -0.4 is 0 Å². The Morgan fingerprint density at radius 1 is 0.909 bits per heavy atom. The summed E-state index contributed by atoms with van der Waals surface area (Å²) in [6, 6.07) is 11.7. The SMILES string of the molecule is CC.Cc1ccc(C#Cc2ccc(C)c(C3CC3)c2F)cc1. The molecule has 0 nitrogen and oxygen atoms in total. The molecule has 0 aliphatic heterocycles. The van der Waals surface area contributed by atoms with Crippen molar-refractivity contribution in [3.8, 4) is 11.8 Å². The van der Waals surface area contributed by atoms with Gasteiger partial charge in [0.25, 0.3) is 0 Å². The highest BCUT2D eigenvalue weighted by molar-refractivity contribution is 5.48. The van der Waals surface area contributed by atoms with Crippen LogP contribution in [0.4, 0.5) is 4.39 Å². The number of halogens is 1. The van der Waals surface area contributed by atoms with Crippen molar-refractivity contribution in [3.63, 3.8) is 0 Å². The van der Waals surface area contributed by atoms with Crippen LogP contribution in [0.2, 0.25) is 0 Å². The van der Waals surface area contributed by atoms with Crippen LogP contribution in [-0.4, -0.2) is 0 Å². The average molecular weight is 294 g/mol. The zero-order chi connectivity index (χ0) is 16.1. The Labute approximate surface area is 133 Å². The standard InChI is InChI=1S/C19H17F.C2H6/c1-13-3-6-15(7-4-13)8-10-17-9-5-14(2)18(19(17)20)16-11-12-16;1-2/h3-7,9,16H,11-12H2,1-2H3;1-2H3. The molecule has 0 radical (unpaired) electrons. The Balaban J connectivity index is 0.000000847. The summed E-state index contributed by atoms with van der Waals surface area (Å²) >= 11 is 0. The van der Waals surface area contributed by atoms with Gasteiger partial charge >= 0.3 is 0 Å². The summed E-state index contributed by atoms with van der Waals surface area (Å²) in [5, 5.41) is 0. The highest BCUT2D eigenvalue weighted by Gasteiger charge is 2.28. The highest BCUT2D eigenvalue weighted by Crippen LogP contribution is 2.43. The molecule has 1 aliphatic carbocycles. The minimum absolute atomic E-state index is 0.118. The molecule has 3 rings (SSSR count). The lowest BCUT2D eigenvalue weighted by molar-refractivity contribution is 0.605. The minimum Gasteiger partial charge on any atom is -0.205 e. The molecule has 0 N–H and O–H groups in total. The van der Waals surface area contributed by atoms with Crippen LogP contribution >= 0.6 is 0 Å². The molecule has 1 heteroatoms. The van der Waals surface area contributed by atoms with E-state index < -0.39 is 0 Å². The van der Waals surface area contributed by atoms with Gasteiger partial charge in [0.1, 0.15) is 5.82 Å². The summed E-state index contributed by atoms with van der Waals surface area (Å²) < 4.78 is 14.5. The van der Waals surface area contributed by atoms with E-state index in [9.17, 15) is 4.39 Å². The second-order valence-electron chi connectivity index (χ2n) is 5.55. The van der Waals surface area contributed by atoms with Crippen molar-refractivity contribution in [2.24, 2.45) is 0 Å². The van der Waals surface area contributed by atoms with Crippen molar-refractivity contribution < 1.29 is 4.39 Å². The maximum atomic E-state index is 14.5. The van der Waals surface area contributed by atoms with Gasteiger partial charge in [-0.15, -0.1) is 0 Å². The summed E-state index contributed by atoms with van der Waals surface area (Å²) in [6.07, 6.45) is 2.21. The quantitative estimate of drug-likeness (QED) is 0.588. The van der Waals surface area contributed by atoms with E-state index in [4.69, 9.17) is 0 Å². The lowest BCUT2D eigenvalue weighted by Crippen LogP contribution is -1.95. The summed E-state index contributed by atoms with van der Waals surface area (Å²) in [4.78, 5) is 0. The molecule has 1 saturated carbocycles. The van der Waals surface area contributed by atoms with Crippen molar-refractivity contribution in [2.75, 3.05) is 0 Å². The molecule has 114 valence electrons. The van der Waals surface area contributed by atoms with Gasteiger partial charge < -0.3 is 0 Å². The Morgan fingerprint density at radius 3 is 2.14 bits per heavy atom. The Hall–Kier alpha value is -2.07. The highest BCUT2D eigenvalue weighted by atomic mass is 19.1. The monoisotopic (exact) mass is 294 g/mol. The molecule has 2 aromatic carbocycles. The van der Waals surface area contributed by atoms with Crippen LogP contribution in [0.25, 0.3) is 0 Å². The van der Waals surface area contributed by atoms with Crippen LogP contribution in [0.15, 0.2) is 36.4 Å². The van der Waals surface area contributed by atoms with Crippen LogP contribution in [0, 0.1) is 31.5 Å². The average Bonchev–Trinajstić information content (AvgIpc) is 3.35. The van der Waals surface area contributed by atoms with E-state index >= 15 is 0 Å². The van der Waals surface area contributed by atoms with E-state index in [0.717, 1.165) is 29.5 Å². The Morgan fingerprint density at radius 2 is 1.55 bits per heavy atom. The van der Waals surface area contributed by atoms with Crippen LogP contribution in [0.1, 0.15) is 60.4 Å². The summed E-state index contributed by atoms with van der Waals surface area (Å²) in [5.41, 5.74) is 4.56. The predicted molar refractivity (Wildman–Crippen MR) is 91.6 cm³/mol. The molecule has 0 aromatic heterocycles. The van der Waals surface area contributed by atoms with Gasteiger partial charge in [-0.3, -0.25) is 0 Å². The van der Waals surface area contributed by atoms with Crippen molar-refractivity contribution in [2.45, 2.75) is 46.5 Å². The number of rotatable bonds is 1. The minimum atomic E-state index is -0.118. The third-order valence-electron chi connectivity index (χ3n) is 3.78. The third kappa shape index (κ3) is 3.77. The van der Waals surface area contributed by atoms with Gasteiger partial charge in [-0.25, -0.2) is 4.39 Å². The van der Waals surface area contributed by atoms with Gasteiger partial charge in [-0.1, -0.05) is 49.5 Å². The maximum absolute atomic E-state index is 14.5. The molecule has 0 atom stereocenters. The van der Waals surface area contributed by atoms with Gasteiger partial charge in [0, 0.05) is 5.56 Å². The Bertz CT molecular complexity index is 695.